The Morgan fingerprint density at radius 1 is 1.28 bits per heavy atom. The lowest BCUT2D eigenvalue weighted by Gasteiger charge is -2.33. The van der Waals surface area contributed by atoms with Crippen LogP contribution in [0.4, 0.5) is 18.9 Å². The minimum Gasteiger partial charge on any atom is -0.357 e. The molecule has 0 saturated carbocycles. The van der Waals surface area contributed by atoms with Crippen molar-refractivity contribution in [2.75, 3.05) is 24.5 Å². The summed E-state index contributed by atoms with van der Waals surface area (Å²) in [7, 11) is 0. The number of hydrogen-bond donors (Lipinski definition) is 2. The highest BCUT2D eigenvalue weighted by Crippen LogP contribution is 2.34. The van der Waals surface area contributed by atoms with Crippen LogP contribution in [0.15, 0.2) is 40.1 Å². The molecule has 7 nitrogen and oxygen atoms in total. The number of H-pyrrole nitrogens is 1. The number of aryl methyl sites for hydroxylation is 2. The molecule has 194 valence electrons. The molecule has 1 aliphatic heterocycles. The number of nitrogens with zero attached hydrogens (tertiary/aromatic N) is 2. The van der Waals surface area contributed by atoms with E-state index in [4.69, 9.17) is 0 Å². The number of nitrogens with one attached hydrogen (secondary N) is 2. The molecule has 0 radical (unpaired) electrons. The first-order valence-electron chi connectivity index (χ1n) is 11.3. The van der Waals surface area contributed by atoms with Crippen molar-refractivity contribution in [2.45, 2.75) is 46.0 Å². The van der Waals surface area contributed by atoms with Crippen molar-refractivity contribution < 1.29 is 22.8 Å². The number of hydrogen-bond acceptors (Lipinski definition) is 4. The van der Waals surface area contributed by atoms with E-state index in [1.807, 2.05) is 0 Å². The van der Waals surface area contributed by atoms with Crippen LogP contribution in [0.5, 0.6) is 0 Å². The van der Waals surface area contributed by atoms with Gasteiger partial charge < -0.3 is 20.1 Å². The number of pyridine rings is 1. The van der Waals surface area contributed by atoms with Crippen LogP contribution in [0, 0.1) is 20.8 Å². The molecule has 11 heteroatoms. The van der Waals surface area contributed by atoms with Crippen LogP contribution in [0.25, 0.3) is 0 Å². The molecule has 1 saturated heterocycles. The van der Waals surface area contributed by atoms with Gasteiger partial charge >= 0.3 is 6.18 Å². The first kappa shape index (κ1) is 27.5. The Hall–Kier alpha value is -3.08. The molecule has 36 heavy (non-hydrogen) atoms. The predicted octanol–water partition coefficient (Wildman–Crippen LogP) is 4.15. The Balaban J connectivity index is 1.93. The van der Waals surface area contributed by atoms with Gasteiger partial charge in [-0.15, -0.1) is 0 Å². The fraction of sp³-hybridized carbons (Fsp3) is 0.400. The van der Waals surface area contributed by atoms with Crippen LogP contribution in [0.2, 0.25) is 0 Å². The van der Waals surface area contributed by atoms with Gasteiger partial charge in [-0.25, -0.2) is 0 Å². The summed E-state index contributed by atoms with van der Waals surface area (Å²) in [5.74, 6) is -0.854. The summed E-state index contributed by atoms with van der Waals surface area (Å²) >= 11 is 3.32. The van der Waals surface area contributed by atoms with Gasteiger partial charge in [-0.3, -0.25) is 14.4 Å². The molecule has 2 heterocycles. The molecule has 2 aromatic rings. The van der Waals surface area contributed by atoms with Crippen LogP contribution in [0.3, 0.4) is 0 Å². The number of aromatic amines is 1. The van der Waals surface area contributed by atoms with Crippen molar-refractivity contribution in [2.24, 2.45) is 0 Å². The van der Waals surface area contributed by atoms with E-state index in [0.29, 0.717) is 34.3 Å². The molecule has 1 fully saturated rings. The number of likely N-dealkylation sites (tertiary alicyclic amines) is 1. The van der Waals surface area contributed by atoms with E-state index in [9.17, 15) is 27.6 Å². The van der Waals surface area contributed by atoms with Gasteiger partial charge in [0.1, 0.15) is 6.54 Å². The number of amides is 2. The number of rotatable bonds is 7. The van der Waals surface area contributed by atoms with E-state index in [0.717, 1.165) is 11.6 Å². The van der Waals surface area contributed by atoms with Crippen molar-refractivity contribution in [1.29, 1.82) is 0 Å². The van der Waals surface area contributed by atoms with Gasteiger partial charge in [0.05, 0.1) is 0 Å². The van der Waals surface area contributed by atoms with Gasteiger partial charge in [-0.05, 0) is 62.6 Å². The third-order valence-electron chi connectivity index (χ3n) is 6.26. The Labute approximate surface area is 215 Å². The average Bonchev–Trinajstić information content (AvgIpc) is 3.27. The van der Waals surface area contributed by atoms with Crippen LogP contribution in [-0.2, 0) is 11.3 Å². The Morgan fingerprint density at radius 3 is 2.58 bits per heavy atom. The van der Waals surface area contributed by atoms with E-state index >= 15 is 0 Å². The SMILES string of the molecule is C=CC(=O)N1CCC(N(CC(F)(F)F)c2cc(Br)cc(C(=O)NCc3c(C)cc(C)[nH]c3=O)c2C)C1. The van der Waals surface area contributed by atoms with E-state index in [2.05, 4.69) is 32.8 Å². The van der Waals surface area contributed by atoms with Crippen LogP contribution in [-0.4, -0.2) is 53.6 Å². The number of aromatic nitrogens is 1. The minimum absolute atomic E-state index is 0.0327. The van der Waals surface area contributed by atoms with Crippen LogP contribution < -0.4 is 15.8 Å². The number of carbonyl (C=O) groups is 2. The van der Waals surface area contributed by atoms with Crippen molar-refractivity contribution >= 4 is 33.4 Å². The largest absolute Gasteiger partial charge is 0.405 e. The van der Waals surface area contributed by atoms with Gasteiger partial charge in [0.15, 0.2) is 0 Å². The summed E-state index contributed by atoms with van der Waals surface area (Å²) in [4.78, 5) is 42.8. The molecule has 1 atom stereocenters. The van der Waals surface area contributed by atoms with Crippen molar-refractivity contribution in [3.63, 3.8) is 0 Å². The molecule has 1 unspecified atom stereocenters. The highest BCUT2D eigenvalue weighted by atomic mass is 79.9. The van der Waals surface area contributed by atoms with Crippen molar-refractivity contribution in [3.05, 3.63) is 73.6 Å². The Kier molecular flexibility index (Phi) is 8.33. The molecule has 1 aliphatic rings. The molecule has 0 spiro atoms. The molecule has 1 aromatic heterocycles. The molecule has 2 amide bonds. The van der Waals surface area contributed by atoms with Gasteiger partial charge in [0, 0.05) is 52.7 Å². The molecule has 3 rings (SSSR count). The van der Waals surface area contributed by atoms with E-state index in [1.54, 1.807) is 32.9 Å². The zero-order valence-electron chi connectivity index (χ0n) is 20.3. The minimum atomic E-state index is -4.50. The third kappa shape index (κ3) is 6.37. The normalized spacial score (nSPS) is 15.6. The van der Waals surface area contributed by atoms with E-state index in [-0.39, 0.29) is 35.8 Å². The lowest BCUT2D eigenvalue weighted by molar-refractivity contribution is -0.125. The standard InChI is InChI=1S/C25H28BrF3N4O3/c1-5-22(34)32-7-6-18(12-32)33(13-25(27,28)29)21-10-17(26)9-19(16(21)4)23(35)30-11-20-14(2)8-15(3)31-24(20)36/h5,8-10,18H,1,6-7,11-13H2,2-4H3,(H,30,35)(H,31,36). The zero-order chi connectivity index (χ0) is 26.8. The summed E-state index contributed by atoms with van der Waals surface area (Å²) in [5.41, 5.74) is 2.31. The highest BCUT2D eigenvalue weighted by molar-refractivity contribution is 9.10. The molecule has 1 aromatic carbocycles. The average molecular weight is 569 g/mol. The van der Waals surface area contributed by atoms with Gasteiger partial charge in [0.25, 0.3) is 11.5 Å². The highest BCUT2D eigenvalue weighted by Gasteiger charge is 2.38. The maximum Gasteiger partial charge on any atom is 0.405 e. The molecule has 0 bridgehead atoms. The maximum atomic E-state index is 13.6. The maximum absolute atomic E-state index is 13.6. The number of alkyl halides is 3. The number of benzene rings is 1. The number of halogens is 4. The summed E-state index contributed by atoms with van der Waals surface area (Å²) in [6.07, 6.45) is -3.01. The summed E-state index contributed by atoms with van der Waals surface area (Å²) in [5, 5.41) is 2.71. The summed E-state index contributed by atoms with van der Waals surface area (Å²) < 4.78 is 41.3. The van der Waals surface area contributed by atoms with Crippen LogP contribution in [0.1, 0.15) is 39.2 Å². The lowest BCUT2D eigenvalue weighted by atomic mass is 10.0. The van der Waals surface area contributed by atoms with Crippen molar-refractivity contribution in [1.82, 2.24) is 15.2 Å². The molecule has 0 aliphatic carbocycles. The molecular weight excluding hydrogens is 541 g/mol. The smallest absolute Gasteiger partial charge is 0.357 e. The fourth-order valence-electron chi connectivity index (χ4n) is 4.49. The predicted molar refractivity (Wildman–Crippen MR) is 135 cm³/mol. The van der Waals surface area contributed by atoms with Crippen molar-refractivity contribution in [3.8, 4) is 0 Å². The van der Waals surface area contributed by atoms with Gasteiger partial charge in [-0.1, -0.05) is 22.5 Å². The molecule has 2 N–H and O–H groups in total. The Morgan fingerprint density at radius 2 is 1.97 bits per heavy atom. The third-order valence-corrected chi connectivity index (χ3v) is 6.72. The van der Waals surface area contributed by atoms with Gasteiger partial charge in [0.2, 0.25) is 5.91 Å². The molecular formula is C25H28BrF3N4O3. The second kappa shape index (κ2) is 10.9. The zero-order valence-corrected chi connectivity index (χ0v) is 21.8. The van der Waals surface area contributed by atoms with E-state index in [1.165, 1.54) is 15.9 Å². The lowest BCUT2D eigenvalue weighted by Crippen LogP contribution is -2.44. The van der Waals surface area contributed by atoms with E-state index < -0.39 is 24.7 Å². The second-order valence-corrected chi connectivity index (χ2v) is 9.81. The Bertz CT molecular complexity index is 1240. The fourth-order valence-corrected chi connectivity index (χ4v) is 4.94. The second-order valence-electron chi connectivity index (χ2n) is 8.90. The summed E-state index contributed by atoms with van der Waals surface area (Å²) in [6.45, 7) is 7.72. The monoisotopic (exact) mass is 568 g/mol. The number of carbonyl (C=O) groups excluding carboxylic acids is 2. The first-order chi connectivity index (χ1) is 16.8. The number of anilines is 1. The first-order valence-corrected chi connectivity index (χ1v) is 12.1. The quantitative estimate of drug-likeness (QED) is 0.491. The summed E-state index contributed by atoms with van der Waals surface area (Å²) in [6, 6.07) is 4.29. The van der Waals surface area contributed by atoms with Crippen LogP contribution >= 0.6 is 15.9 Å². The van der Waals surface area contributed by atoms with Gasteiger partial charge in [-0.2, -0.15) is 13.2 Å². The topological polar surface area (TPSA) is 85.5 Å².